The topological polar surface area (TPSA) is 58.2 Å². The Labute approximate surface area is 68.1 Å². The van der Waals surface area contributed by atoms with E-state index < -0.39 is 0 Å². The van der Waals surface area contributed by atoms with E-state index in [4.69, 9.17) is 0 Å². The Morgan fingerprint density at radius 3 is 3.00 bits per heavy atom. The van der Waals surface area contributed by atoms with E-state index in [2.05, 4.69) is 10.6 Å². The average molecular weight is 172 g/mol. The number of thioether (sulfide) groups is 1. The molecule has 0 aromatic carbocycles. The highest BCUT2D eigenvalue weighted by molar-refractivity contribution is 7.99. The highest BCUT2D eigenvalue weighted by atomic mass is 32.2. The molecule has 60 valence electrons. The average Bonchev–Trinajstić information content (AvgIpc) is 2.34. The summed E-state index contributed by atoms with van der Waals surface area (Å²) in [6.07, 6.45) is 0. The molecule has 3 amide bonds. The van der Waals surface area contributed by atoms with Gasteiger partial charge in [0.25, 0.3) is 0 Å². The van der Waals surface area contributed by atoms with Crippen molar-refractivity contribution in [3.8, 4) is 0 Å². The summed E-state index contributed by atoms with van der Waals surface area (Å²) >= 11 is 1.71. The number of imide groups is 1. The molecule has 2 aliphatic rings. The Morgan fingerprint density at radius 2 is 2.18 bits per heavy atom. The monoisotopic (exact) mass is 172 g/mol. The number of nitrogens with one attached hydrogen (secondary N) is 2. The van der Waals surface area contributed by atoms with Gasteiger partial charge in [-0.05, 0) is 0 Å². The van der Waals surface area contributed by atoms with Gasteiger partial charge in [0.1, 0.15) is 0 Å². The summed E-state index contributed by atoms with van der Waals surface area (Å²) in [5.41, 5.74) is 0. The van der Waals surface area contributed by atoms with Crippen molar-refractivity contribution >= 4 is 23.7 Å². The predicted molar refractivity (Wildman–Crippen MR) is 41.3 cm³/mol. The third-order valence-corrected chi connectivity index (χ3v) is 3.16. The van der Waals surface area contributed by atoms with E-state index in [1.54, 1.807) is 11.8 Å². The first-order valence-electron chi connectivity index (χ1n) is 3.46. The van der Waals surface area contributed by atoms with E-state index >= 15 is 0 Å². The first-order chi connectivity index (χ1) is 5.27. The third kappa shape index (κ3) is 1.09. The molecule has 2 fully saturated rings. The van der Waals surface area contributed by atoms with Gasteiger partial charge in [-0.15, -0.1) is 0 Å². The molecule has 2 unspecified atom stereocenters. The van der Waals surface area contributed by atoms with Crippen molar-refractivity contribution in [2.24, 2.45) is 5.92 Å². The zero-order chi connectivity index (χ0) is 7.84. The van der Waals surface area contributed by atoms with Crippen molar-refractivity contribution in [3.05, 3.63) is 0 Å². The summed E-state index contributed by atoms with van der Waals surface area (Å²) in [5.74, 6) is 1.57. The molecule has 2 rings (SSSR count). The van der Waals surface area contributed by atoms with Gasteiger partial charge >= 0.3 is 6.03 Å². The molecule has 0 saturated carbocycles. The summed E-state index contributed by atoms with van der Waals surface area (Å²) in [4.78, 5) is 21.9. The molecule has 5 heteroatoms. The normalized spacial score (nSPS) is 36.0. The van der Waals surface area contributed by atoms with Gasteiger partial charge in [0, 0.05) is 11.5 Å². The van der Waals surface area contributed by atoms with Gasteiger partial charge in [-0.25, -0.2) is 4.79 Å². The fraction of sp³-hybridized carbons (Fsp3) is 0.667. The van der Waals surface area contributed by atoms with Gasteiger partial charge in [-0.3, -0.25) is 10.1 Å². The van der Waals surface area contributed by atoms with Crippen LogP contribution in [0.15, 0.2) is 0 Å². The van der Waals surface area contributed by atoms with Crippen molar-refractivity contribution < 1.29 is 9.59 Å². The Kier molecular flexibility index (Phi) is 1.52. The van der Waals surface area contributed by atoms with Crippen LogP contribution in [0.25, 0.3) is 0 Å². The van der Waals surface area contributed by atoms with Crippen molar-refractivity contribution in [1.82, 2.24) is 10.6 Å². The number of carbonyl (C=O) groups excluding carboxylic acids is 2. The van der Waals surface area contributed by atoms with Crippen LogP contribution in [0.1, 0.15) is 0 Å². The third-order valence-electron chi connectivity index (χ3n) is 1.97. The molecular formula is C6H8N2O2S. The van der Waals surface area contributed by atoms with Crippen molar-refractivity contribution in [1.29, 1.82) is 0 Å². The maximum atomic E-state index is 11.1. The highest BCUT2D eigenvalue weighted by Crippen LogP contribution is 2.25. The fourth-order valence-electron chi connectivity index (χ4n) is 1.36. The minimum Gasteiger partial charge on any atom is -0.333 e. The minimum absolute atomic E-state index is 0.00213. The van der Waals surface area contributed by atoms with Crippen LogP contribution in [0.5, 0.6) is 0 Å². The Morgan fingerprint density at radius 1 is 1.36 bits per heavy atom. The van der Waals surface area contributed by atoms with E-state index in [1.807, 2.05) is 0 Å². The van der Waals surface area contributed by atoms with Crippen molar-refractivity contribution in [3.63, 3.8) is 0 Å². The number of carbonyl (C=O) groups is 2. The van der Waals surface area contributed by atoms with Crippen molar-refractivity contribution in [2.45, 2.75) is 6.04 Å². The largest absolute Gasteiger partial charge is 0.333 e. The summed E-state index contributed by atoms with van der Waals surface area (Å²) in [7, 11) is 0. The van der Waals surface area contributed by atoms with Gasteiger partial charge in [0.2, 0.25) is 5.91 Å². The maximum Gasteiger partial charge on any atom is 0.321 e. The lowest BCUT2D eigenvalue weighted by Gasteiger charge is -2.24. The summed E-state index contributed by atoms with van der Waals surface area (Å²) in [5, 5.41) is 4.97. The van der Waals surface area contributed by atoms with Gasteiger partial charge in [0.15, 0.2) is 0 Å². The Hall–Kier alpha value is -0.710. The second-order valence-corrected chi connectivity index (χ2v) is 3.79. The first kappa shape index (κ1) is 6.97. The van der Waals surface area contributed by atoms with Gasteiger partial charge in [-0.1, -0.05) is 0 Å². The summed E-state index contributed by atoms with van der Waals surface area (Å²) in [6.45, 7) is 0. The number of hydrogen-bond acceptors (Lipinski definition) is 3. The van der Waals surface area contributed by atoms with Crippen LogP contribution in [0.3, 0.4) is 0 Å². The van der Waals surface area contributed by atoms with Crippen LogP contribution in [0.2, 0.25) is 0 Å². The molecule has 2 atom stereocenters. The molecule has 2 heterocycles. The smallest absolute Gasteiger partial charge is 0.321 e. The van der Waals surface area contributed by atoms with Gasteiger partial charge in [-0.2, -0.15) is 11.8 Å². The maximum absolute atomic E-state index is 11.1. The second kappa shape index (κ2) is 2.41. The van der Waals surface area contributed by atoms with Crippen LogP contribution in [0, 0.1) is 5.92 Å². The molecule has 11 heavy (non-hydrogen) atoms. The number of urea groups is 1. The highest BCUT2D eigenvalue weighted by Gasteiger charge is 2.38. The molecule has 0 aromatic heterocycles. The lowest BCUT2D eigenvalue weighted by molar-refractivity contribution is -0.124. The standard InChI is InChI=1S/C6H8N2O2S/c9-5-3-1-11-2-4(3)7-6(10)8-5/h3-4H,1-2H2,(H2,7,8,9,10). The number of fused-ring (bicyclic) bond motifs is 1. The lowest BCUT2D eigenvalue weighted by atomic mass is 10.0. The lowest BCUT2D eigenvalue weighted by Crippen LogP contribution is -2.57. The fourth-order valence-corrected chi connectivity index (χ4v) is 2.71. The second-order valence-electron chi connectivity index (χ2n) is 2.71. The van der Waals surface area contributed by atoms with Gasteiger partial charge in [0.05, 0.1) is 12.0 Å². The van der Waals surface area contributed by atoms with E-state index in [0.717, 1.165) is 11.5 Å². The quantitative estimate of drug-likeness (QED) is 0.520. The summed E-state index contributed by atoms with van der Waals surface area (Å²) in [6, 6.07) is -0.278. The molecule has 0 radical (unpaired) electrons. The molecule has 0 aliphatic carbocycles. The van der Waals surface area contributed by atoms with Crippen LogP contribution in [-0.2, 0) is 4.79 Å². The molecule has 4 nitrogen and oxygen atoms in total. The molecule has 2 N–H and O–H groups in total. The number of hydrogen-bond donors (Lipinski definition) is 2. The Balaban J connectivity index is 2.16. The van der Waals surface area contributed by atoms with E-state index in [-0.39, 0.29) is 23.9 Å². The molecular weight excluding hydrogens is 164 g/mol. The van der Waals surface area contributed by atoms with Crippen LogP contribution >= 0.6 is 11.8 Å². The van der Waals surface area contributed by atoms with Crippen LogP contribution in [0.4, 0.5) is 4.79 Å². The van der Waals surface area contributed by atoms with E-state index in [9.17, 15) is 9.59 Å². The predicted octanol–water partition coefficient (Wildman–Crippen LogP) is -0.443. The van der Waals surface area contributed by atoms with Crippen LogP contribution in [-0.4, -0.2) is 29.5 Å². The Bertz CT molecular complexity index is 219. The van der Waals surface area contributed by atoms with Crippen molar-refractivity contribution in [2.75, 3.05) is 11.5 Å². The molecule has 2 saturated heterocycles. The molecule has 0 aromatic rings. The summed E-state index contributed by atoms with van der Waals surface area (Å²) < 4.78 is 0. The van der Waals surface area contributed by atoms with Crippen LogP contribution < -0.4 is 10.6 Å². The minimum atomic E-state index is -0.348. The molecule has 0 bridgehead atoms. The molecule has 0 spiro atoms. The molecule has 2 aliphatic heterocycles. The number of amides is 3. The first-order valence-corrected chi connectivity index (χ1v) is 4.62. The zero-order valence-corrected chi connectivity index (χ0v) is 6.61. The van der Waals surface area contributed by atoms with E-state index in [1.165, 1.54) is 0 Å². The SMILES string of the molecule is O=C1NC(=O)C2CSCC2N1. The van der Waals surface area contributed by atoms with E-state index in [0.29, 0.717) is 0 Å². The zero-order valence-electron chi connectivity index (χ0n) is 5.79. The van der Waals surface area contributed by atoms with Gasteiger partial charge < -0.3 is 5.32 Å². The number of rotatable bonds is 0.